The van der Waals surface area contributed by atoms with Gasteiger partial charge in [-0.1, -0.05) is 11.6 Å². The fraction of sp³-hybridized carbons (Fsp3) is 0.333. The smallest absolute Gasteiger partial charge is 0.321 e. The average molecular weight is 345 g/mol. The summed E-state index contributed by atoms with van der Waals surface area (Å²) in [6.45, 7) is 3.40. The fourth-order valence-corrected chi connectivity index (χ4v) is 3.10. The van der Waals surface area contributed by atoms with Crippen LogP contribution in [0, 0.1) is 6.92 Å². The molecular weight excluding hydrogens is 324 g/mol. The summed E-state index contributed by atoms with van der Waals surface area (Å²) in [5.41, 5.74) is 2.79. The highest BCUT2D eigenvalue weighted by atomic mass is 35.5. The van der Waals surface area contributed by atoms with Crippen LogP contribution in [-0.2, 0) is 0 Å². The van der Waals surface area contributed by atoms with Crippen molar-refractivity contribution in [3.63, 3.8) is 0 Å². The molecule has 2 heterocycles. The lowest BCUT2D eigenvalue weighted by Crippen LogP contribution is -2.44. The number of pyridine rings is 1. The first-order valence-corrected chi connectivity index (χ1v) is 8.48. The number of aryl methyl sites for hydroxylation is 1. The van der Waals surface area contributed by atoms with Gasteiger partial charge in [-0.15, -0.1) is 0 Å². The normalized spacial score (nSPS) is 15.2. The van der Waals surface area contributed by atoms with Gasteiger partial charge in [0.2, 0.25) is 0 Å². The Morgan fingerprint density at radius 3 is 2.75 bits per heavy atom. The molecule has 0 radical (unpaired) electrons. The Morgan fingerprint density at radius 1 is 1.29 bits per heavy atom. The van der Waals surface area contributed by atoms with E-state index < -0.39 is 0 Å². The van der Waals surface area contributed by atoms with E-state index in [4.69, 9.17) is 11.6 Å². The summed E-state index contributed by atoms with van der Waals surface area (Å²) in [6.07, 6.45) is 5.42. The van der Waals surface area contributed by atoms with E-state index in [1.807, 2.05) is 42.3 Å². The molecule has 0 spiro atoms. The molecule has 0 unspecified atom stereocenters. The van der Waals surface area contributed by atoms with Gasteiger partial charge in [-0.05, 0) is 55.7 Å². The number of aromatic nitrogens is 1. The van der Waals surface area contributed by atoms with Gasteiger partial charge in [-0.3, -0.25) is 4.98 Å². The van der Waals surface area contributed by atoms with Crippen molar-refractivity contribution >= 4 is 29.0 Å². The molecule has 5 nitrogen and oxygen atoms in total. The molecule has 2 N–H and O–H groups in total. The summed E-state index contributed by atoms with van der Waals surface area (Å²) in [5.74, 6) is 0. The number of piperidine rings is 1. The van der Waals surface area contributed by atoms with E-state index >= 15 is 0 Å². The monoisotopic (exact) mass is 344 g/mol. The number of nitrogens with one attached hydrogen (secondary N) is 2. The number of rotatable bonds is 3. The predicted octanol–water partition coefficient (Wildman–Crippen LogP) is 4.15. The molecule has 126 valence electrons. The number of amides is 2. The van der Waals surface area contributed by atoms with E-state index in [0.717, 1.165) is 42.9 Å². The van der Waals surface area contributed by atoms with Crippen molar-refractivity contribution in [2.45, 2.75) is 25.8 Å². The number of likely N-dealkylation sites (tertiary alicyclic amines) is 1. The molecule has 24 heavy (non-hydrogen) atoms. The van der Waals surface area contributed by atoms with Crippen LogP contribution in [0.25, 0.3) is 0 Å². The fourth-order valence-electron chi connectivity index (χ4n) is 2.87. The number of nitrogens with zero attached hydrogens (tertiary/aromatic N) is 2. The topological polar surface area (TPSA) is 57.3 Å². The lowest BCUT2D eigenvalue weighted by Gasteiger charge is -2.33. The molecule has 1 aromatic heterocycles. The average Bonchev–Trinajstić information content (AvgIpc) is 2.59. The zero-order chi connectivity index (χ0) is 16.9. The molecule has 1 fully saturated rings. The van der Waals surface area contributed by atoms with E-state index in [0.29, 0.717) is 11.1 Å². The third-order valence-corrected chi connectivity index (χ3v) is 4.48. The molecule has 0 aliphatic carbocycles. The highest BCUT2D eigenvalue weighted by Crippen LogP contribution is 2.21. The molecule has 2 amide bonds. The van der Waals surface area contributed by atoms with Gasteiger partial charge < -0.3 is 15.5 Å². The maximum Gasteiger partial charge on any atom is 0.321 e. The molecule has 2 aromatic rings. The summed E-state index contributed by atoms with van der Waals surface area (Å²) in [6, 6.07) is 9.71. The van der Waals surface area contributed by atoms with Crippen molar-refractivity contribution in [3.8, 4) is 0 Å². The lowest BCUT2D eigenvalue weighted by atomic mass is 10.1. The zero-order valence-corrected chi connectivity index (χ0v) is 14.4. The van der Waals surface area contributed by atoms with Crippen LogP contribution in [0.1, 0.15) is 18.4 Å². The second-order valence-corrected chi connectivity index (χ2v) is 6.47. The summed E-state index contributed by atoms with van der Waals surface area (Å²) < 4.78 is 0. The van der Waals surface area contributed by atoms with Crippen molar-refractivity contribution in [2.75, 3.05) is 23.7 Å². The molecule has 0 saturated carbocycles. The van der Waals surface area contributed by atoms with Gasteiger partial charge in [0, 0.05) is 42.2 Å². The molecular formula is C18H21ClN4O. The second-order valence-electron chi connectivity index (χ2n) is 6.04. The van der Waals surface area contributed by atoms with E-state index in [1.165, 1.54) is 0 Å². The summed E-state index contributed by atoms with van der Waals surface area (Å²) in [4.78, 5) is 18.4. The van der Waals surface area contributed by atoms with Crippen molar-refractivity contribution in [1.82, 2.24) is 9.88 Å². The summed E-state index contributed by atoms with van der Waals surface area (Å²) >= 11 is 5.95. The number of benzene rings is 1. The molecule has 0 bridgehead atoms. The van der Waals surface area contributed by atoms with Gasteiger partial charge in [-0.2, -0.15) is 0 Å². The van der Waals surface area contributed by atoms with Crippen molar-refractivity contribution in [2.24, 2.45) is 0 Å². The first kappa shape index (κ1) is 16.6. The number of halogens is 1. The summed E-state index contributed by atoms with van der Waals surface area (Å²) in [5, 5.41) is 7.11. The van der Waals surface area contributed by atoms with E-state index in [9.17, 15) is 4.79 Å². The van der Waals surface area contributed by atoms with E-state index in [2.05, 4.69) is 15.6 Å². The Bertz CT molecular complexity index is 699. The Labute approximate surface area is 147 Å². The Hall–Kier alpha value is -2.27. The van der Waals surface area contributed by atoms with Gasteiger partial charge in [0.25, 0.3) is 0 Å². The van der Waals surface area contributed by atoms with Gasteiger partial charge in [-0.25, -0.2) is 4.79 Å². The zero-order valence-electron chi connectivity index (χ0n) is 13.6. The number of hydrogen-bond acceptors (Lipinski definition) is 3. The first-order chi connectivity index (χ1) is 11.6. The van der Waals surface area contributed by atoms with Gasteiger partial charge in [0.05, 0.1) is 5.69 Å². The minimum absolute atomic E-state index is 0.0553. The number of hydrogen-bond donors (Lipinski definition) is 2. The first-order valence-electron chi connectivity index (χ1n) is 8.10. The predicted molar refractivity (Wildman–Crippen MR) is 97.7 cm³/mol. The molecule has 1 aliphatic rings. The Kier molecular flexibility index (Phi) is 5.20. The highest BCUT2D eigenvalue weighted by Gasteiger charge is 2.23. The second kappa shape index (κ2) is 7.53. The van der Waals surface area contributed by atoms with E-state index in [-0.39, 0.29) is 6.03 Å². The van der Waals surface area contributed by atoms with Crippen molar-refractivity contribution in [1.29, 1.82) is 0 Å². The van der Waals surface area contributed by atoms with Crippen LogP contribution in [0.5, 0.6) is 0 Å². The van der Waals surface area contributed by atoms with Crippen LogP contribution >= 0.6 is 11.6 Å². The van der Waals surface area contributed by atoms with Crippen LogP contribution in [0.2, 0.25) is 5.02 Å². The largest absolute Gasteiger partial charge is 0.381 e. The third-order valence-electron chi connectivity index (χ3n) is 4.24. The molecule has 1 aliphatic heterocycles. The SMILES string of the molecule is Cc1cc(Cl)ccc1NC(=O)N1CCC(Nc2cccnc2)CC1. The molecule has 3 rings (SSSR count). The lowest BCUT2D eigenvalue weighted by molar-refractivity contribution is 0.197. The third kappa shape index (κ3) is 4.17. The van der Waals surface area contributed by atoms with Crippen LogP contribution in [0.3, 0.4) is 0 Å². The number of carbonyl (C=O) groups excluding carboxylic acids is 1. The van der Waals surface area contributed by atoms with Crippen molar-refractivity contribution < 1.29 is 4.79 Å². The highest BCUT2D eigenvalue weighted by molar-refractivity contribution is 6.30. The van der Waals surface area contributed by atoms with Crippen LogP contribution in [0.15, 0.2) is 42.7 Å². The molecule has 1 saturated heterocycles. The maximum absolute atomic E-state index is 12.4. The Morgan fingerprint density at radius 2 is 2.08 bits per heavy atom. The Balaban J connectivity index is 1.51. The molecule has 1 aromatic carbocycles. The minimum Gasteiger partial charge on any atom is -0.381 e. The standard InChI is InChI=1S/C18H21ClN4O/c1-13-11-14(19)4-5-17(13)22-18(24)23-9-6-15(7-10-23)21-16-3-2-8-20-12-16/h2-5,8,11-12,15,21H,6-7,9-10H2,1H3,(H,22,24). The van der Waals surface area contributed by atoms with Crippen molar-refractivity contribution in [3.05, 3.63) is 53.3 Å². The van der Waals surface area contributed by atoms with E-state index in [1.54, 1.807) is 12.3 Å². The van der Waals surface area contributed by atoms with Crippen LogP contribution in [-0.4, -0.2) is 35.0 Å². The van der Waals surface area contributed by atoms with Crippen LogP contribution in [0.4, 0.5) is 16.2 Å². The van der Waals surface area contributed by atoms with Gasteiger partial charge in [0.1, 0.15) is 0 Å². The molecule has 6 heteroatoms. The summed E-state index contributed by atoms with van der Waals surface area (Å²) in [7, 11) is 0. The number of urea groups is 1. The van der Waals surface area contributed by atoms with Crippen LogP contribution < -0.4 is 10.6 Å². The van der Waals surface area contributed by atoms with Gasteiger partial charge in [0.15, 0.2) is 0 Å². The number of carbonyl (C=O) groups is 1. The molecule has 0 atom stereocenters. The number of anilines is 2. The quantitative estimate of drug-likeness (QED) is 0.879. The van der Waals surface area contributed by atoms with Gasteiger partial charge >= 0.3 is 6.03 Å². The minimum atomic E-state index is -0.0553. The maximum atomic E-state index is 12.4.